The molecule has 3 nitrogen and oxygen atoms in total. The predicted molar refractivity (Wildman–Crippen MR) is 48.1 cm³/mol. The fraction of sp³-hybridized carbons (Fsp3) is 1.00. The molecule has 2 unspecified atom stereocenters. The van der Waals surface area contributed by atoms with Crippen LogP contribution in [0.1, 0.15) is 26.2 Å². The second-order valence-corrected chi connectivity index (χ2v) is 3.51. The van der Waals surface area contributed by atoms with Crippen LogP contribution in [0, 0.1) is 0 Å². The molecule has 2 atom stereocenters. The number of rotatable bonds is 5. The van der Waals surface area contributed by atoms with Crippen LogP contribution in [0.25, 0.3) is 0 Å². The normalized spacial score (nSPS) is 26.0. The van der Waals surface area contributed by atoms with Crippen LogP contribution in [0.5, 0.6) is 0 Å². The lowest BCUT2D eigenvalue weighted by Crippen LogP contribution is -2.30. The molecule has 1 rings (SSSR count). The highest BCUT2D eigenvalue weighted by Gasteiger charge is 2.13. The first-order valence-corrected chi connectivity index (χ1v) is 4.78. The molecular weight excluding hydrogens is 154 g/mol. The van der Waals surface area contributed by atoms with Gasteiger partial charge in [0.2, 0.25) is 0 Å². The van der Waals surface area contributed by atoms with Crippen LogP contribution < -0.4 is 5.32 Å². The first kappa shape index (κ1) is 9.96. The van der Waals surface area contributed by atoms with Crippen LogP contribution in [-0.4, -0.2) is 37.0 Å². The molecule has 1 aliphatic heterocycles. The summed E-state index contributed by atoms with van der Waals surface area (Å²) in [5.41, 5.74) is 0. The lowest BCUT2D eigenvalue weighted by molar-refractivity contribution is 0.178. The van der Waals surface area contributed by atoms with E-state index in [1.807, 2.05) is 6.92 Å². The molecule has 0 bridgehead atoms. The van der Waals surface area contributed by atoms with Crippen LogP contribution in [0.4, 0.5) is 0 Å². The number of aliphatic hydroxyl groups excluding tert-OH is 1. The van der Waals surface area contributed by atoms with E-state index in [0.717, 1.165) is 39.0 Å². The Morgan fingerprint density at radius 3 is 3.08 bits per heavy atom. The third-order valence-corrected chi connectivity index (χ3v) is 2.16. The van der Waals surface area contributed by atoms with Gasteiger partial charge in [0.25, 0.3) is 0 Å². The summed E-state index contributed by atoms with van der Waals surface area (Å²) in [6.07, 6.45) is 2.91. The Labute approximate surface area is 74.1 Å². The van der Waals surface area contributed by atoms with E-state index in [1.165, 1.54) is 0 Å². The van der Waals surface area contributed by atoms with Gasteiger partial charge in [-0.2, -0.15) is 0 Å². The van der Waals surface area contributed by atoms with Gasteiger partial charge >= 0.3 is 0 Å². The second-order valence-electron chi connectivity index (χ2n) is 3.51. The Balaban J connectivity index is 1.88. The Morgan fingerprint density at radius 2 is 2.50 bits per heavy atom. The summed E-state index contributed by atoms with van der Waals surface area (Å²) in [6, 6.07) is 0.555. The van der Waals surface area contributed by atoms with Crippen LogP contribution in [-0.2, 0) is 4.74 Å². The minimum Gasteiger partial charge on any atom is -0.393 e. The minimum atomic E-state index is -0.161. The predicted octanol–water partition coefficient (Wildman–Crippen LogP) is 0.526. The van der Waals surface area contributed by atoms with Crippen molar-refractivity contribution in [1.82, 2.24) is 5.32 Å². The number of nitrogens with one attached hydrogen (secondary N) is 1. The molecule has 72 valence electrons. The summed E-state index contributed by atoms with van der Waals surface area (Å²) in [7, 11) is 0. The first-order valence-electron chi connectivity index (χ1n) is 4.78. The smallest absolute Gasteiger partial charge is 0.0620 e. The standard InChI is InChI=1S/C9H19NO2/c1-8(11)3-2-5-10-9-4-6-12-7-9/h8-11H,2-7H2,1H3. The summed E-state index contributed by atoms with van der Waals surface area (Å²) >= 11 is 0. The van der Waals surface area contributed by atoms with Crippen molar-refractivity contribution in [2.75, 3.05) is 19.8 Å². The van der Waals surface area contributed by atoms with E-state index in [4.69, 9.17) is 9.84 Å². The van der Waals surface area contributed by atoms with Gasteiger partial charge in [-0.05, 0) is 32.7 Å². The Morgan fingerprint density at radius 1 is 1.67 bits per heavy atom. The van der Waals surface area contributed by atoms with E-state index in [-0.39, 0.29) is 6.10 Å². The van der Waals surface area contributed by atoms with E-state index in [2.05, 4.69) is 5.32 Å². The zero-order valence-electron chi connectivity index (χ0n) is 7.75. The molecule has 1 heterocycles. The van der Waals surface area contributed by atoms with Crippen molar-refractivity contribution >= 4 is 0 Å². The van der Waals surface area contributed by atoms with E-state index in [0.29, 0.717) is 6.04 Å². The summed E-state index contributed by atoms with van der Waals surface area (Å²) in [5, 5.41) is 12.4. The van der Waals surface area contributed by atoms with Crippen molar-refractivity contribution in [3.05, 3.63) is 0 Å². The number of hydrogen-bond donors (Lipinski definition) is 2. The molecule has 1 fully saturated rings. The lowest BCUT2D eigenvalue weighted by atomic mass is 10.2. The minimum absolute atomic E-state index is 0.161. The van der Waals surface area contributed by atoms with E-state index in [9.17, 15) is 0 Å². The molecule has 0 spiro atoms. The van der Waals surface area contributed by atoms with Gasteiger partial charge in [0.15, 0.2) is 0 Å². The molecule has 0 aromatic rings. The molecule has 0 saturated carbocycles. The molecule has 3 heteroatoms. The highest BCUT2D eigenvalue weighted by Crippen LogP contribution is 2.03. The molecular formula is C9H19NO2. The lowest BCUT2D eigenvalue weighted by Gasteiger charge is -2.10. The van der Waals surface area contributed by atoms with Gasteiger partial charge in [-0.1, -0.05) is 0 Å². The van der Waals surface area contributed by atoms with Gasteiger partial charge in [-0.3, -0.25) is 0 Å². The summed E-state index contributed by atoms with van der Waals surface area (Å²) < 4.78 is 5.22. The maximum atomic E-state index is 8.99. The maximum absolute atomic E-state index is 8.99. The van der Waals surface area contributed by atoms with Crippen LogP contribution >= 0.6 is 0 Å². The van der Waals surface area contributed by atoms with E-state index in [1.54, 1.807) is 0 Å². The average molecular weight is 173 g/mol. The van der Waals surface area contributed by atoms with Gasteiger partial charge < -0.3 is 15.2 Å². The molecule has 1 saturated heterocycles. The zero-order valence-corrected chi connectivity index (χ0v) is 7.75. The van der Waals surface area contributed by atoms with Crippen molar-refractivity contribution in [3.8, 4) is 0 Å². The number of aliphatic hydroxyl groups is 1. The molecule has 0 amide bonds. The SMILES string of the molecule is CC(O)CCCNC1CCOC1. The van der Waals surface area contributed by atoms with Crippen LogP contribution in [0.3, 0.4) is 0 Å². The summed E-state index contributed by atoms with van der Waals surface area (Å²) in [6.45, 7) is 4.58. The van der Waals surface area contributed by atoms with Gasteiger partial charge in [-0.15, -0.1) is 0 Å². The summed E-state index contributed by atoms with van der Waals surface area (Å²) in [5.74, 6) is 0. The number of hydrogen-bond acceptors (Lipinski definition) is 3. The monoisotopic (exact) mass is 173 g/mol. The van der Waals surface area contributed by atoms with Gasteiger partial charge in [0.05, 0.1) is 12.7 Å². The Kier molecular flexibility index (Phi) is 4.58. The Hall–Kier alpha value is -0.120. The van der Waals surface area contributed by atoms with Crippen molar-refractivity contribution < 1.29 is 9.84 Å². The zero-order chi connectivity index (χ0) is 8.81. The number of ether oxygens (including phenoxy) is 1. The molecule has 0 aromatic heterocycles. The van der Waals surface area contributed by atoms with E-state index < -0.39 is 0 Å². The third kappa shape index (κ3) is 4.04. The van der Waals surface area contributed by atoms with Crippen molar-refractivity contribution in [2.45, 2.75) is 38.3 Å². The van der Waals surface area contributed by atoms with Crippen LogP contribution in [0.15, 0.2) is 0 Å². The van der Waals surface area contributed by atoms with Crippen LogP contribution in [0.2, 0.25) is 0 Å². The van der Waals surface area contributed by atoms with Crippen molar-refractivity contribution in [3.63, 3.8) is 0 Å². The van der Waals surface area contributed by atoms with Crippen molar-refractivity contribution in [2.24, 2.45) is 0 Å². The third-order valence-electron chi connectivity index (χ3n) is 2.16. The summed E-state index contributed by atoms with van der Waals surface area (Å²) in [4.78, 5) is 0. The average Bonchev–Trinajstić information content (AvgIpc) is 2.49. The van der Waals surface area contributed by atoms with Gasteiger partial charge in [0.1, 0.15) is 0 Å². The molecule has 0 radical (unpaired) electrons. The second kappa shape index (κ2) is 5.51. The molecule has 0 aliphatic carbocycles. The maximum Gasteiger partial charge on any atom is 0.0620 e. The van der Waals surface area contributed by atoms with Gasteiger partial charge in [0, 0.05) is 12.6 Å². The topological polar surface area (TPSA) is 41.5 Å². The molecule has 0 aromatic carbocycles. The van der Waals surface area contributed by atoms with Crippen molar-refractivity contribution in [1.29, 1.82) is 0 Å². The highest BCUT2D eigenvalue weighted by atomic mass is 16.5. The fourth-order valence-electron chi connectivity index (χ4n) is 1.40. The fourth-order valence-corrected chi connectivity index (χ4v) is 1.40. The quantitative estimate of drug-likeness (QED) is 0.596. The first-order chi connectivity index (χ1) is 5.79. The molecule has 12 heavy (non-hydrogen) atoms. The Bertz CT molecular complexity index is 111. The molecule has 2 N–H and O–H groups in total. The van der Waals surface area contributed by atoms with Gasteiger partial charge in [-0.25, -0.2) is 0 Å². The molecule has 1 aliphatic rings. The van der Waals surface area contributed by atoms with E-state index >= 15 is 0 Å². The largest absolute Gasteiger partial charge is 0.393 e. The highest BCUT2D eigenvalue weighted by molar-refractivity contribution is 4.70.